The molecule has 0 fully saturated rings. The van der Waals surface area contributed by atoms with Crippen LogP contribution in [0.3, 0.4) is 0 Å². The minimum absolute atomic E-state index is 0.299. The maximum absolute atomic E-state index is 9.28. The summed E-state index contributed by atoms with van der Waals surface area (Å²) in [6, 6.07) is 5.29. The maximum Gasteiger partial charge on any atom is 0.119 e. The van der Waals surface area contributed by atoms with Gasteiger partial charge in [0.15, 0.2) is 0 Å². The normalized spacial score (nSPS) is 9.69. The number of rotatable bonds is 3. The Labute approximate surface area is 78.5 Å². The molecule has 0 spiro atoms. The zero-order valence-electron chi connectivity index (χ0n) is 8.00. The number of phenols is 1. The summed E-state index contributed by atoms with van der Waals surface area (Å²) in [5, 5.41) is 9.28. The lowest BCUT2D eigenvalue weighted by molar-refractivity contribution is 0.299. The van der Waals surface area contributed by atoms with Gasteiger partial charge in [0.25, 0.3) is 0 Å². The summed E-state index contributed by atoms with van der Waals surface area (Å²) in [5.74, 6) is 0.943. The van der Waals surface area contributed by atoms with Crippen LogP contribution in [0.15, 0.2) is 24.8 Å². The van der Waals surface area contributed by atoms with Gasteiger partial charge < -0.3 is 9.84 Å². The molecule has 2 nitrogen and oxygen atoms in total. The number of phenolic OH excluding ortho intramolecular Hbond substituents is 1. The van der Waals surface area contributed by atoms with Crippen LogP contribution in [0, 0.1) is 6.92 Å². The van der Waals surface area contributed by atoms with Gasteiger partial charge in [0.1, 0.15) is 11.5 Å². The Morgan fingerprint density at radius 2 is 2.23 bits per heavy atom. The van der Waals surface area contributed by atoms with Gasteiger partial charge in [-0.15, -0.1) is 0 Å². The average molecular weight is 178 g/mol. The molecule has 0 amide bonds. The van der Waals surface area contributed by atoms with Gasteiger partial charge in [-0.1, -0.05) is 6.58 Å². The molecule has 1 N–H and O–H groups in total. The van der Waals surface area contributed by atoms with Crippen LogP contribution in [-0.2, 0) is 4.74 Å². The van der Waals surface area contributed by atoms with Crippen molar-refractivity contribution < 1.29 is 9.84 Å². The fraction of sp³-hybridized carbons (Fsp3) is 0.273. The van der Waals surface area contributed by atoms with Crippen LogP contribution < -0.4 is 0 Å². The highest BCUT2D eigenvalue weighted by Gasteiger charge is 2.01. The van der Waals surface area contributed by atoms with Crippen LogP contribution in [0.5, 0.6) is 5.75 Å². The van der Waals surface area contributed by atoms with E-state index < -0.39 is 0 Å². The third kappa shape index (κ3) is 2.25. The SMILES string of the molecule is C=C(OCC)c1ccc(O)c(C)c1. The summed E-state index contributed by atoms with van der Waals surface area (Å²) in [4.78, 5) is 0. The van der Waals surface area contributed by atoms with E-state index in [0.29, 0.717) is 18.1 Å². The van der Waals surface area contributed by atoms with Crippen LogP contribution >= 0.6 is 0 Å². The number of ether oxygens (including phenoxy) is 1. The largest absolute Gasteiger partial charge is 0.508 e. The topological polar surface area (TPSA) is 29.5 Å². The van der Waals surface area contributed by atoms with Crippen molar-refractivity contribution in [2.45, 2.75) is 13.8 Å². The van der Waals surface area contributed by atoms with E-state index in [9.17, 15) is 5.11 Å². The van der Waals surface area contributed by atoms with Crippen molar-refractivity contribution in [3.8, 4) is 5.75 Å². The van der Waals surface area contributed by atoms with Gasteiger partial charge in [-0.2, -0.15) is 0 Å². The van der Waals surface area contributed by atoms with E-state index >= 15 is 0 Å². The standard InChI is InChI=1S/C11H14O2/c1-4-13-9(3)10-5-6-11(12)8(2)7-10/h5-7,12H,3-4H2,1-2H3. The number of hydrogen-bond acceptors (Lipinski definition) is 2. The van der Waals surface area contributed by atoms with Crippen molar-refractivity contribution in [2.75, 3.05) is 6.61 Å². The number of hydrogen-bond donors (Lipinski definition) is 1. The molecule has 0 aliphatic rings. The Kier molecular flexibility index (Phi) is 2.96. The smallest absolute Gasteiger partial charge is 0.119 e. The third-order valence-electron chi connectivity index (χ3n) is 1.84. The van der Waals surface area contributed by atoms with Gasteiger partial charge in [0.05, 0.1) is 6.61 Å². The fourth-order valence-electron chi connectivity index (χ4n) is 1.09. The lowest BCUT2D eigenvalue weighted by atomic mass is 10.1. The maximum atomic E-state index is 9.28. The molecular weight excluding hydrogens is 164 g/mol. The highest BCUT2D eigenvalue weighted by atomic mass is 16.5. The molecule has 1 aromatic rings. The van der Waals surface area contributed by atoms with Crippen molar-refractivity contribution >= 4 is 5.76 Å². The predicted molar refractivity (Wildman–Crippen MR) is 53.5 cm³/mol. The van der Waals surface area contributed by atoms with Gasteiger partial charge in [0, 0.05) is 5.56 Å². The molecule has 0 bridgehead atoms. The Hall–Kier alpha value is -1.44. The van der Waals surface area contributed by atoms with Gasteiger partial charge in [-0.25, -0.2) is 0 Å². The average Bonchev–Trinajstić information content (AvgIpc) is 2.10. The van der Waals surface area contributed by atoms with Crippen LogP contribution in [-0.4, -0.2) is 11.7 Å². The Balaban J connectivity index is 2.90. The minimum Gasteiger partial charge on any atom is -0.508 e. The van der Waals surface area contributed by atoms with E-state index in [0.717, 1.165) is 11.1 Å². The van der Waals surface area contributed by atoms with Crippen molar-refractivity contribution in [2.24, 2.45) is 0 Å². The quantitative estimate of drug-likeness (QED) is 0.721. The Bertz CT molecular complexity index is 316. The van der Waals surface area contributed by atoms with Crippen molar-refractivity contribution in [3.63, 3.8) is 0 Å². The molecule has 0 aliphatic carbocycles. The molecule has 0 aromatic heterocycles. The zero-order chi connectivity index (χ0) is 9.84. The molecule has 0 heterocycles. The summed E-state index contributed by atoms with van der Waals surface area (Å²) >= 11 is 0. The van der Waals surface area contributed by atoms with Crippen molar-refractivity contribution in [1.29, 1.82) is 0 Å². The molecule has 0 unspecified atom stereocenters. The van der Waals surface area contributed by atoms with Crippen LogP contribution in [0.4, 0.5) is 0 Å². The van der Waals surface area contributed by atoms with E-state index in [1.807, 2.05) is 19.9 Å². The first-order valence-electron chi connectivity index (χ1n) is 4.27. The Morgan fingerprint density at radius 3 is 2.77 bits per heavy atom. The molecule has 0 aliphatic heterocycles. The van der Waals surface area contributed by atoms with E-state index in [1.165, 1.54) is 0 Å². The van der Waals surface area contributed by atoms with E-state index in [4.69, 9.17) is 4.74 Å². The summed E-state index contributed by atoms with van der Waals surface area (Å²) < 4.78 is 5.25. The van der Waals surface area contributed by atoms with Crippen molar-refractivity contribution in [1.82, 2.24) is 0 Å². The first kappa shape index (κ1) is 9.65. The highest BCUT2D eigenvalue weighted by Crippen LogP contribution is 2.21. The molecule has 0 saturated heterocycles. The first-order valence-corrected chi connectivity index (χ1v) is 4.27. The molecule has 1 aromatic carbocycles. The number of aromatic hydroxyl groups is 1. The summed E-state index contributed by atoms with van der Waals surface area (Å²) in [5.41, 5.74) is 1.75. The minimum atomic E-state index is 0.299. The number of benzene rings is 1. The van der Waals surface area contributed by atoms with E-state index in [1.54, 1.807) is 12.1 Å². The summed E-state index contributed by atoms with van der Waals surface area (Å²) in [7, 11) is 0. The lowest BCUT2D eigenvalue weighted by Gasteiger charge is -2.08. The molecule has 2 heteroatoms. The van der Waals surface area contributed by atoms with Crippen molar-refractivity contribution in [3.05, 3.63) is 35.9 Å². The summed E-state index contributed by atoms with van der Waals surface area (Å²) in [6.45, 7) is 8.15. The second-order valence-corrected chi connectivity index (χ2v) is 2.86. The monoisotopic (exact) mass is 178 g/mol. The van der Waals surface area contributed by atoms with Gasteiger partial charge >= 0.3 is 0 Å². The molecule has 0 saturated carbocycles. The van der Waals surface area contributed by atoms with Gasteiger partial charge in [-0.3, -0.25) is 0 Å². The molecule has 13 heavy (non-hydrogen) atoms. The third-order valence-corrected chi connectivity index (χ3v) is 1.84. The molecule has 70 valence electrons. The molecule has 1 rings (SSSR count). The first-order chi connectivity index (χ1) is 6.15. The van der Waals surface area contributed by atoms with Gasteiger partial charge in [0.2, 0.25) is 0 Å². The van der Waals surface area contributed by atoms with Crippen LogP contribution in [0.25, 0.3) is 5.76 Å². The van der Waals surface area contributed by atoms with Crippen LogP contribution in [0.2, 0.25) is 0 Å². The Morgan fingerprint density at radius 1 is 1.54 bits per heavy atom. The predicted octanol–water partition coefficient (Wildman–Crippen LogP) is 2.71. The van der Waals surface area contributed by atoms with E-state index in [2.05, 4.69) is 6.58 Å². The lowest BCUT2D eigenvalue weighted by Crippen LogP contribution is -1.90. The highest BCUT2D eigenvalue weighted by molar-refractivity contribution is 5.59. The molecular formula is C11H14O2. The number of aryl methyl sites for hydroxylation is 1. The van der Waals surface area contributed by atoms with Crippen LogP contribution in [0.1, 0.15) is 18.1 Å². The van der Waals surface area contributed by atoms with E-state index in [-0.39, 0.29) is 0 Å². The molecule has 0 atom stereocenters. The zero-order valence-corrected chi connectivity index (χ0v) is 8.00. The fourth-order valence-corrected chi connectivity index (χ4v) is 1.09. The second-order valence-electron chi connectivity index (χ2n) is 2.86. The summed E-state index contributed by atoms with van der Waals surface area (Å²) in [6.07, 6.45) is 0. The van der Waals surface area contributed by atoms with Gasteiger partial charge in [-0.05, 0) is 37.6 Å². The molecule has 0 radical (unpaired) electrons. The second kappa shape index (κ2) is 3.99.